The van der Waals surface area contributed by atoms with Gasteiger partial charge in [-0.25, -0.2) is 18.2 Å². The summed E-state index contributed by atoms with van der Waals surface area (Å²) in [6.45, 7) is 1.51. The first kappa shape index (κ1) is 16.0. The lowest BCUT2D eigenvalue weighted by Gasteiger charge is -2.21. The second kappa shape index (κ2) is 5.44. The molecule has 2 heterocycles. The van der Waals surface area contributed by atoms with Gasteiger partial charge < -0.3 is 15.2 Å². The second-order valence-corrected chi connectivity index (χ2v) is 6.93. The molecule has 120 valence electrons. The normalized spacial score (nSPS) is 21.6. The minimum Gasteiger partial charge on any atom is -0.484 e. The van der Waals surface area contributed by atoms with E-state index in [4.69, 9.17) is 9.84 Å². The molecule has 2 atom stereocenters. The summed E-state index contributed by atoms with van der Waals surface area (Å²) in [7, 11) is -2.08. The fourth-order valence-corrected chi connectivity index (χ4v) is 2.62. The standard InChI is InChI=1S/C12H15N3O6S/c1-6-9(14-12(17)18)11(16)15(2)10-8(21-6)4-7(5-13-10)22(3,19)20/h4-6,9,14H,1-3H3,(H,17,18)/t6-,9+/m1/s1. The third-order valence-corrected chi connectivity index (χ3v) is 4.29. The number of amides is 2. The van der Waals surface area contributed by atoms with Crippen molar-refractivity contribution in [2.75, 3.05) is 18.2 Å². The number of sulfone groups is 1. The minimum absolute atomic E-state index is 0.0519. The lowest BCUT2D eigenvalue weighted by molar-refractivity contribution is -0.121. The van der Waals surface area contributed by atoms with Crippen molar-refractivity contribution in [3.8, 4) is 5.75 Å². The number of hydrogen-bond donors (Lipinski definition) is 2. The highest BCUT2D eigenvalue weighted by Gasteiger charge is 2.36. The molecule has 0 saturated carbocycles. The Balaban J connectivity index is 2.49. The first-order valence-electron chi connectivity index (χ1n) is 6.25. The van der Waals surface area contributed by atoms with Crippen LogP contribution in [0.1, 0.15) is 6.92 Å². The van der Waals surface area contributed by atoms with Crippen molar-refractivity contribution < 1.29 is 27.9 Å². The molecule has 9 nitrogen and oxygen atoms in total. The minimum atomic E-state index is -3.48. The monoisotopic (exact) mass is 329 g/mol. The van der Waals surface area contributed by atoms with Crippen LogP contribution in [0, 0.1) is 0 Å². The molecule has 1 aliphatic rings. The Hall–Kier alpha value is -2.36. The highest BCUT2D eigenvalue weighted by Crippen LogP contribution is 2.32. The number of fused-ring (bicyclic) bond motifs is 1. The van der Waals surface area contributed by atoms with E-state index < -0.39 is 34.0 Å². The van der Waals surface area contributed by atoms with Gasteiger partial charge in [0.2, 0.25) is 0 Å². The quantitative estimate of drug-likeness (QED) is 0.773. The van der Waals surface area contributed by atoms with Gasteiger partial charge in [0.15, 0.2) is 21.4 Å². The van der Waals surface area contributed by atoms with Gasteiger partial charge in [0, 0.05) is 25.6 Å². The number of hydrogen-bond acceptors (Lipinski definition) is 6. The number of rotatable bonds is 2. The number of nitrogens with zero attached hydrogens (tertiary/aromatic N) is 2. The van der Waals surface area contributed by atoms with Crippen LogP contribution in [0.15, 0.2) is 17.2 Å². The van der Waals surface area contributed by atoms with Crippen molar-refractivity contribution in [2.45, 2.75) is 24.0 Å². The Labute approximate surface area is 126 Å². The molecule has 2 N–H and O–H groups in total. The lowest BCUT2D eigenvalue weighted by Crippen LogP contribution is -2.52. The van der Waals surface area contributed by atoms with E-state index in [-0.39, 0.29) is 16.5 Å². The molecule has 0 unspecified atom stereocenters. The van der Waals surface area contributed by atoms with E-state index in [2.05, 4.69) is 10.3 Å². The summed E-state index contributed by atoms with van der Waals surface area (Å²) in [5.41, 5.74) is 0. The molecular formula is C12H15N3O6S. The number of pyridine rings is 1. The highest BCUT2D eigenvalue weighted by atomic mass is 32.2. The van der Waals surface area contributed by atoms with Crippen LogP contribution in [0.25, 0.3) is 0 Å². The number of anilines is 1. The molecule has 0 bridgehead atoms. The number of aromatic nitrogens is 1. The molecule has 0 spiro atoms. The molecule has 0 radical (unpaired) electrons. The summed E-state index contributed by atoms with van der Waals surface area (Å²) < 4.78 is 28.7. The molecule has 1 aliphatic heterocycles. The van der Waals surface area contributed by atoms with Gasteiger partial charge in [-0.05, 0) is 6.92 Å². The molecule has 0 aromatic carbocycles. The molecule has 10 heteroatoms. The van der Waals surface area contributed by atoms with E-state index in [9.17, 15) is 18.0 Å². The van der Waals surface area contributed by atoms with Gasteiger partial charge >= 0.3 is 6.09 Å². The zero-order valence-electron chi connectivity index (χ0n) is 12.1. The Morgan fingerprint density at radius 1 is 1.50 bits per heavy atom. The third-order valence-electron chi connectivity index (χ3n) is 3.21. The van der Waals surface area contributed by atoms with Crippen LogP contribution in [-0.2, 0) is 14.6 Å². The summed E-state index contributed by atoms with van der Waals surface area (Å²) in [5, 5.41) is 10.9. The van der Waals surface area contributed by atoms with Gasteiger partial charge in [0.1, 0.15) is 12.1 Å². The smallest absolute Gasteiger partial charge is 0.405 e. The van der Waals surface area contributed by atoms with Gasteiger partial charge in [-0.1, -0.05) is 0 Å². The summed E-state index contributed by atoms with van der Waals surface area (Å²) in [4.78, 5) is 28.1. The fraction of sp³-hybridized carbons (Fsp3) is 0.417. The van der Waals surface area contributed by atoms with Crippen molar-refractivity contribution in [2.24, 2.45) is 0 Å². The summed E-state index contributed by atoms with van der Waals surface area (Å²) in [5.74, 6) is -0.326. The van der Waals surface area contributed by atoms with Gasteiger partial charge in [-0.3, -0.25) is 9.69 Å². The average Bonchev–Trinajstić information content (AvgIpc) is 2.48. The van der Waals surface area contributed by atoms with Crippen LogP contribution in [0.5, 0.6) is 5.75 Å². The van der Waals surface area contributed by atoms with Crippen LogP contribution in [0.3, 0.4) is 0 Å². The molecule has 2 amide bonds. The average molecular weight is 329 g/mol. The number of likely N-dealkylation sites (N-methyl/N-ethyl adjacent to an activating group) is 1. The van der Waals surface area contributed by atoms with Crippen LogP contribution in [0.2, 0.25) is 0 Å². The predicted octanol–water partition coefficient (Wildman–Crippen LogP) is -0.135. The van der Waals surface area contributed by atoms with Crippen molar-refractivity contribution in [3.05, 3.63) is 12.3 Å². The maximum atomic E-state index is 12.3. The molecule has 2 rings (SSSR count). The number of nitrogens with one attached hydrogen (secondary N) is 1. The number of ether oxygens (including phenoxy) is 1. The largest absolute Gasteiger partial charge is 0.484 e. The molecule has 0 fully saturated rings. The number of carbonyl (C=O) groups excluding carboxylic acids is 1. The van der Waals surface area contributed by atoms with Gasteiger partial charge in [-0.2, -0.15) is 0 Å². The molecule has 1 aromatic rings. The number of carbonyl (C=O) groups is 2. The molecule has 22 heavy (non-hydrogen) atoms. The van der Waals surface area contributed by atoms with Crippen LogP contribution in [-0.4, -0.2) is 56.0 Å². The summed E-state index contributed by atoms with van der Waals surface area (Å²) in [6.07, 6.45) is -0.0428. The van der Waals surface area contributed by atoms with E-state index in [1.54, 1.807) is 0 Å². The Kier molecular flexibility index (Phi) is 3.96. The van der Waals surface area contributed by atoms with E-state index >= 15 is 0 Å². The van der Waals surface area contributed by atoms with Crippen LogP contribution < -0.4 is 15.0 Å². The summed E-state index contributed by atoms with van der Waals surface area (Å²) >= 11 is 0. The third kappa shape index (κ3) is 2.96. The first-order chi connectivity index (χ1) is 10.1. The van der Waals surface area contributed by atoms with Crippen molar-refractivity contribution in [1.82, 2.24) is 10.3 Å². The van der Waals surface area contributed by atoms with Crippen molar-refractivity contribution >= 4 is 27.7 Å². The lowest BCUT2D eigenvalue weighted by atomic mass is 10.1. The van der Waals surface area contributed by atoms with E-state index in [0.717, 1.165) is 17.4 Å². The predicted molar refractivity (Wildman–Crippen MR) is 75.8 cm³/mol. The van der Waals surface area contributed by atoms with Gasteiger partial charge in [-0.15, -0.1) is 0 Å². The second-order valence-electron chi connectivity index (χ2n) is 4.91. The molecule has 0 aliphatic carbocycles. The van der Waals surface area contributed by atoms with Gasteiger partial charge in [0.05, 0.1) is 4.90 Å². The topological polar surface area (TPSA) is 126 Å². The maximum Gasteiger partial charge on any atom is 0.405 e. The van der Waals surface area contributed by atoms with Crippen LogP contribution >= 0.6 is 0 Å². The van der Waals surface area contributed by atoms with Crippen LogP contribution in [0.4, 0.5) is 10.6 Å². The fourth-order valence-electron chi connectivity index (χ4n) is 2.06. The highest BCUT2D eigenvalue weighted by molar-refractivity contribution is 7.90. The first-order valence-corrected chi connectivity index (χ1v) is 8.14. The number of carboxylic acid groups (broad SMARTS) is 1. The Morgan fingerprint density at radius 2 is 2.14 bits per heavy atom. The Morgan fingerprint density at radius 3 is 2.68 bits per heavy atom. The molecule has 1 aromatic heterocycles. The van der Waals surface area contributed by atoms with Crippen molar-refractivity contribution in [3.63, 3.8) is 0 Å². The van der Waals surface area contributed by atoms with Gasteiger partial charge in [0.25, 0.3) is 5.91 Å². The molecular weight excluding hydrogens is 314 g/mol. The van der Waals surface area contributed by atoms with E-state index in [0.29, 0.717) is 0 Å². The van der Waals surface area contributed by atoms with E-state index in [1.807, 2.05) is 0 Å². The van der Waals surface area contributed by atoms with E-state index in [1.165, 1.54) is 20.0 Å². The summed E-state index contributed by atoms with van der Waals surface area (Å²) in [6, 6.07) is 0.138. The maximum absolute atomic E-state index is 12.3. The Bertz CT molecular complexity index is 732. The SMILES string of the molecule is C[C@H]1Oc2cc(S(C)(=O)=O)cnc2N(C)C(=O)[C@H]1NC(=O)O. The zero-order chi connectivity index (χ0) is 16.7. The molecule has 0 saturated heterocycles. The van der Waals surface area contributed by atoms with Crippen molar-refractivity contribution in [1.29, 1.82) is 0 Å². The zero-order valence-corrected chi connectivity index (χ0v) is 12.9.